The molecule has 3 rings (SSSR count). The number of hydrogen-bond acceptors (Lipinski definition) is 3. The lowest BCUT2D eigenvalue weighted by molar-refractivity contribution is -0.104. The fourth-order valence-corrected chi connectivity index (χ4v) is 3.47. The van der Waals surface area contributed by atoms with Crippen molar-refractivity contribution in [3.05, 3.63) is 70.8 Å². The van der Waals surface area contributed by atoms with Gasteiger partial charge in [-0.1, -0.05) is 30.3 Å². The smallest absolute Gasteiger partial charge is 0.147 e. The molecule has 2 aromatic carbocycles. The van der Waals surface area contributed by atoms with E-state index >= 15 is 0 Å². The van der Waals surface area contributed by atoms with Crippen molar-refractivity contribution in [2.24, 2.45) is 0 Å². The molecular weight excluding hydrogens is 266 g/mol. The van der Waals surface area contributed by atoms with Gasteiger partial charge in [-0.3, -0.25) is 4.79 Å². The maximum absolute atomic E-state index is 11.3. The number of fused-ring (bicyclic) bond motifs is 1. The minimum absolute atomic E-state index is 0.00450. The van der Waals surface area contributed by atoms with E-state index in [1.807, 2.05) is 36.4 Å². The molecule has 0 aromatic heterocycles. The van der Waals surface area contributed by atoms with Crippen molar-refractivity contribution >= 4 is 24.1 Å². The Balaban J connectivity index is 2.02. The number of benzene rings is 2. The van der Waals surface area contributed by atoms with Gasteiger partial charge in [0.25, 0.3) is 0 Å². The number of carbonyl (C=O) groups excluding carboxylic acids is 1. The standard InChI is InChI=1S/C17H11NOS/c18-10-12-5-7-13(8-6-12)17-15(11-19)9-14-3-1-2-4-16(14)20-17/h1-9,11,17H. The van der Waals surface area contributed by atoms with Gasteiger partial charge in [-0.2, -0.15) is 5.26 Å². The highest BCUT2D eigenvalue weighted by Crippen LogP contribution is 2.45. The molecule has 2 nitrogen and oxygen atoms in total. The SMILES string of the molecule is N#Cc1ccc(C2Sc3ccccc3C=C2C=O)cc1. The van der Waals surface area contributed by atoms with Crippen LogP contribution in [-0.4, -0.2) is 6.29 Å². The normalized spacial score (nSPS) is 16.8. The largest absolute Gasteiger partial charge is 0.298 e. The molecule has 2 aromatic rings. The van der Waals surface area contributed by atoms with Crippen molar-refractivity contribution < 1.29 is 4.79 Å². The Morgan fingerprint density at radius 1 is 1.10 bits per heavy atom. The van der Waals surface area contributed by atoms with Crippen LogP contribution in [0.5, 0.6) is 0 Å². The quantitative estimate of drug-likeness (QED) is 0.779. The van der Waals surface area contributed by atoms with Crippen LogP contribution in [0.2, 0.25) is 0 Å². The highest BCUT2D eigenvalue weighted by Gasteiger charge is 2.23. The highest BCUT2D eigenvalue weighted by atomic mass is 32.2. The topological polar surface area (TPSA) is 40.9 Å². The minimum Gasteiger partial charge on any atom is -0.298 e. The first kappa shape index (κ1) is 12.7. The first-order chi connectivity index (χ1) is 9.81. The summed E-state index contributed by atoms with van der Waals surface area (Å²) in [5, 5.41) is 8.84. The summed E-state index contributed by atoms with van der Waals surface area (Å²) in [6.45, 7) is 0. The third-order valence-corrected chi connectivity index (χ3v) is 4.67. The number of nitriles is 1. The summed E-state index contributed by atoms with van der Waals surface area (Å²) in [6.07, 6.45) is 2.87. The molecule has 1 heterocycles. The molecular formula is C17H11NOS. The zero-order valence-corrected chi connectivity index (χ0v) is 11.4. The van der Waals surface area contributed by atoms with E-state index in [4.69, 9.17) is 5.26 Å². The molecule has 0 spiro atoms. The van der Waals surface area contributed by atoms with E-state index in [9.17, 15) is 4.79 Å². The summed E-state index contributed by atoms with van der Waals surface area (Å²) in [4.78, 5) is 12.5. The van der Waals surface area contributed by atoms with Gasteiger partial charge in [0.2, 0.25) is 0 Å². The predicted molar refractivity (Wildman–Crippen MR) is 80.2 cm³/mol. The molecule has 1 aliphatic heterocycles. The van der Waals surface area contributed by atoms with Crippen molar-refractivity contribution in [2.75, 3.05) is 0 Å². The van der Waals surface area contributed by atoms with E-state index in [0.29, 0.717) is 5.56 Å². The van der Waals surface area contributed by atoms with Crippen molar-refractivity contribution in [3.63, 3.8) is 0 Å². The molecule has 0 N–H and O–H groups in total. The minimum atomic E-state index is -0.00450. The molecule has 1 aliphatic rings. The summed E-state index contributed by atoms with van der Waals surface area (Å²) in [5.41, 5.74) is 3.52. The zero-order valence-electron chi connectivity index (χ0n) is 10.6. The van der Waals surface area contributed by atoms with Crippen LogP contribution in [0, 0.1) is 11.3 Å². The van der Waals surface area contributed by atoms with E-state index in [1.54, 1.807) is 23.9 Å². The van der Waals surface area contributed by atoms with E-state index in [0.717, 1.165) is 23.0 Å². The van der Waals surface area contributed by atoms with Gasteiger partial charge in [-0.25, -0.2) is 0 Å². The van der Waals surface area contributed by atoms with Crippen LogP contribution in [0.4, 0.5) is 0 Å². The molecule has 0 saturated carbocycles. The van der Waals surface area contributed by atoms with E-state index in [2.05, 4.69) is 12.1 Å². The first-order valence-corrected chi connectivity index (χ1v) is 7.12. The lowest BCUT2D eigenvalue weighted by Crippen LogP contribution is -2.04. The van der Waals surface area contributed by atoms with Gasteiger partial charge < -0.3 is 0 Å². The third-order valence-electron chi connectivity index (χ3n) is 3.27. The molecule has 0 bridgehead atoms. The maximum atomic E-state index is 11.3. The molecule has 0 amide bonds. The Labute approximate surface area is 121 Å². The van der Waals surface area contributed by atoms with Gasteiger partial charge in [0.1, 0.15) is 6.29 Å². The molecule has 3 heteroatoms. The molecule has 0 fully saturated rings. The van der Waals surface area contributed by atoms with Crippen molar-refractivity contribution in [2.45, 2.75) is 10.1 Å². The zero-order chi connectivity index (χ0) is 13.9. The van der Waals surface area contributed by atoms with Gasteiger partial charge in [0.05, 0.1) is 16.9 Å². The van der Waals surface area contributed by atoms with Crippen LogP contribution in [-0.2, 0) is 4.79 Å². The fourth-order valence-electron chi connectivity index (χ4n) is 2.25. The summed E-state index contributed by atoms with van der Waals surface area (Å²) < 4.78 is 0. The molecule has 0 aliphatic carbocycles. The Kier molecular flexibility index (Phi) is 3.41. The summed E-state index contributed by atoms with van der Waals surface area (Å²) in [5.74, 6) is 0. The number of thioether (sulfide) groups is 1. The lowest BCUT2D eigenvalue weighted by atomic mass is 10.0. The second-order valence-corrected chi connectivity index (χ2v) is 5.68. The van der Waals surface area contributed by atoms with Gasteiger partial charge >= 0.3 is 0 Å². The second kappa shape index (κ2) is 5.36. The molecule has 0 radical (unpaired) electrons. The Bertz CT molecular complexity index is 725. The Hall–Kier alpha value is -2.31. The van der Waals surface area contributed by atoms with Gasteiger partial charge in [0, 0.05) is 10.5 Å². The monoisotopic (exact) mass is 277 g/mol. The van der Waals surface area contributed by atoms with Crippen LogP contribution in [0.3, 0.4) is 0 Å². The number of nitrogens with zero attached hydrogens (tertiary/aromatic N) is 1. The van der Waals surface area contributed by atoms with Crippen molar-refractivity contribution in [3.8, 4) is 6.07 Å². The van der Waals surface area contributed by atoms with Crippen LogP contribution in [0.1, 0.15) is 21.9 Å². The van der Waals surface area contributed by atoms with Gasteiger partial charge in [-0.05, 0) is 35.4 Å². The van der Waals surface area contributed by atoms with Gasteiger partial charge in [0.15, 0.2) is 0 Å². The maximum Gasteiger partial charge on any atom is 0.147 e. The summed E-state index contributed by atoms with van der Waals surface area (Å²) >= 11 is 1.67. The van der Waals surface area contributed by atoms with Gasteiger partial charge in [-0.15, -0.1) is 11.8 Å². The predicted octanol–water partition coefficient (Wildman–Crippen LogP) is 3.99. The fraction of sp³-hybridized carbons (Fsp3) is 0.0588. The second-order valence-electron chi connectivity index (χ2n) is 4.53. The van der Waals surface area contributed by atoms with E-state index < -0.39 is 0 Å². The third kappa shape index (κ3) is 2.26. The average molecular weight is 277 g/mol. The highest BCUT2D eigenvalue weighted by molar-refractivity contribution is 8.00. The van der Waals surface area contributed by atoms with Crippen LogP contribution in [0.25, 0.3) is 6.08 Å². The van der Waals surface area contributed by atoms with Crippen LogP contribution in [0.15, 0.2) is 59.0 Å². The number of aldehydes is 1. The summed E-state index contributed by atoms with van der Waals surface area (Å²) in [6, 6.07) is 17.6. The van der Waals surface area contributed by atoms with Crippen LogP contribution < -0.4 is 0 Å². The van der Waals surface area contributed by atoms with Crippen LogP contribution >= 0.6 is 11.8 Å². The first-order valence-electron chi connectivity index (χ1n) is 6.24. The summed E-state index contributed by atoms with van der Waals surface area (Å²) in [7, 11) is 0. The van der Waals surface area contributed by atoms with E-state index in [-0.39, 0.29) is 5.25 Å². The molecule has 0 saturated heterocycles. The molecule has 96 valence electrons. The average Bonchev–Trinajstić information content (AvgIpc) is 2.53. The Morgan fingerprint density at radius 2 is 1.85 bits per heavy atom. The lowest BCUT2D eigenvalue weighted by Gasteiger charge is -2.23. The number of hydrogen-bond donors (Lipinski definition) is 0. The molecule has 1 unspecified atom stereocenters. The van der Waals surface area contributed by atoms with Crippen molar-refractivity contribution in [1.29, 1.82) is 5.26 Å². The number of rotatable bonds is 2. The molecule has 1 atom stereocenters. The number of carbonyl (C=O) groups is 1. The van der Waals surface area contributed by atoms with E-state index in [1.165, 1.54) is 4.90 Å². The molecule has 20 heavy (non-hydrogen) atoms. The Morgan fingerprint density at radius 3 is 2.55 bits per heavy atom. The van der Waals surface area contributed by atoms with Crippen molar-refractivity contribution in [1.82, 2.24) is 0 Å².